The van der Waals surface area contributed by atoms with E-state index in [1.807, 2.05) is 43.0 Å². The summed E-state index contributed by atoms with van der Waals surface area (Å²) in [5.74, 6) is 0.00454. The monoisotopic (exact) mass is 478 g/mol. The van der Waals surface area contributed by atoms with Gasteiger partial charge in [0.2, 0.25) is 0 Å². The Labute approximate surface area is 160 Å². The van der Waals surface area contributed by atoms with Gasteiger partial charge in [0.1, 0.15) is 0 Å². The van der Waals surface area contributed by atoms with E-state index >= 15 is 0 Å². The van der Waals surface area contributed by atoms with Gasteiger partial charge < -0.3 is 4.90 Å². The summed E-state index contributed by atoms with van der Waals surface area (Å²) in [4.78, 5) is 18.6. The van der Waals surface area contributed by atoms with Crippen LogP contribution in [0.3, 0.4) is 0 Å². The van der Waals surface area contributed by atoms with Gasteiger partial charge in [0, 0.05) is 20.4 Å². The van der Waals surface area contributed by atoms with E-state index in [0.29, 0.717) is 5.17 Å². The van der Waals surface area contributed by atoms with Gasteiger partial charge in [-0.05, 0) is 47.2 Å². The lowest BCUT2D eigenvalue weighted by Gasteiger charge is -2.24. The fourth-order valence-corrected chi connectivity index (χ4v) is 7.32. The number of benzene rings is 1. The molecule has 2 fully saturated rings. The van der Waals surface area contributed by atoms with Crippen LogP contribution in [-0.2, 0) is 14.6 Å². The summed E-state index contributed by atoms with van der Waals surface area (Å²) in [6.45, 7) is 3.83. The number of amidine groups is 1. The summed E-state index contributed by atoms with van der Waals surface area (Å²) in [5.41, 5.74) is 0.898. The van der Waals surface area contributed by atoms with E-state index in [9.17, 15) is 13.2 Å². The van der Waals surface area contributed by atoms with Crippen LogP contribution in [0.2, 0.25) is 0 Å². The van der Waals surface area contributed by atoms with Gasteiger partial charge in [0.25, 0.3) is 5.91 Å². The van der Waals surface area contributed by atoms with Crippen LogP contribution in [0.5, 0.6) is 0 Å². The zero-order valence-electron chi connectivity index (χ0n) is 13.5. The largest absolute Gasteiger partial charge is 0.316 e. The summed E-state index contributed by atoms with van der Waals surface area (Å²) in [6.07, 6.45) is 0.741. The molecule has 0 radical (unpaired) electrons. The average molecular weight is 478 g/mol. The summed E-state index contributed by atoms with van der Waals surface area (Å²) < 4.78 is 25.1. The number of amides is 1. The van der Waals surface area contributed by atoms with E-state index in [1.54, 1.807) is 0 Å². The predicted octanol–water partition coefficient (Wildman–Crippen LogP) is 2.94. The number of halogens is 1. The quantitative estimate of drug-likeness (QED) is 0.626. The molecule has 2 aliphatic heterocycles. The number of aliphatic imine (C=N–C) groups is 1. The van der Waals surface area contributed by atoms with Crippen LogP contribution in [-0.4, -0.2) is 42.3 Å². The Balaban J connectivity index is 2.00. The minimum absolute atomic E-state index is 0.0589. The molecule has 8 heteroatoms. The third-order valence-corrected chi connectivity index (χ3v) is 8.27. The lowest BCUT2D eigenvalue weighted by molar-refractivity contribution is -0.121. The number of carbonyl (C=O) groups excluding carboxylic acids is 1. The Kier molecular flexibility index (Phi) is 5.27. The maximum Gasteiger partial charge on any atom is 0.250 e. The van der Waals surface area contributed by atoms with Crippen LogP contribution in [0.25, 0.3) is 0 Å². The Morgan fingerprint density at radius 3 is 2.88 bits per heavy atom. The Morgan fingerprint density at radius 2 is 2.21 bits per heavy atom. The number of thioether (sulfide) groups is 1. The second-order valence-electron chi connectivity index (χ2n) is 6.19. The Morgan fingerprint density at radius 1 is 1.46 bits per heavy atom. The molecular weight excluding hydrogens is 459 g/mol. The minimum atomic E-state index is -3.03. The van der Waals surface area contributed by atoms with Crippen molar-refractivity contribution in [2.45, 2.75) is 31.6 Å². The third kappa shape index (κ3) is 3.65. The van der Waals surface area contributed by atoms with Crippen molar-refractivity contribution >= 4 is 61.0 Å². The smallest absolute Gasteiger partial charge is 0.250 e. The van der Waals surface area contributed by atoms with Gasteiger partial charge in [0.15, 0.2) is 15.0 Å². The molecular formula is C16H19IN2O3S2. The summed E-state index contributed by atoms with van der Waals surface area (Å²) >= 11 is 3.65. The maximum atomic E-state index is 12.3. The first kappa shape index (κ1) is 18.2. The zero-order valence-corrected chi connectivity index (χ0v) is 17.3. The molecule has 0 unspecified atom stereocenters. The molecule has 3 rings (SSSR count). The van der Waals surface area contributed by atoms with Crippen molar-refractivity contribution in [2.75, 3.05) is 16.4 Å². The number of nitrogens with zero attached hydrogens (tertiary/aromatic N) is 2. The summed E-state index contributed by atoms with van der Waals surface area (Å²) in [5, 5.41) is 0.573. The number of anilines is 1. The number of hydrogen-bond acceptors (Lipinski definition) is 4. The number of sulfone groups is 1. The molecule has 24 heavy (non-hydrogen) atoms. The van der Waals surface area contributed by atoms with Crippen LogP contribution >= 0.6 is 34.4 Å². The molecule has 0 N–H and O–H groups in total. The van der Waals surface area contributed by atoms with E-state index < -0.39 is 9.84 Å². The third-order valence-electron chi connectivity index (χ3n) is 4.39. The van der Waals surface area contributed by atoms with Crippen molar-refractivity contribution in [2.24, 2.45) is 10.9 Å². The van der Waals surface area contributed by atoms with Crippen molar-refractivity contribution in [3.63, 3.8) is 0 Å². The molecule has 0 bridgehead atoms. The highest BCUT2D eigenvalue weighted by Gasteiger charge is 2.49. The van der Waals surface area contributed by atoms with E-state index in [4.69, 9.17) is 0 Å². The minimum Gasteiger partial charge on any atom is -0.316 e. The molecule has 130 valence electrons. The van der Waals surface area contributed by atoms with Crippen molar-refractivity contribution < 1.29 is 13.2 Å². The molecule has 2 heterocycles. The first-order valence-electron chi connectivity index (χ1n) is 7.85. The molecule has 0 aliphatic carbocycles. The Hall–Kier alpha value is -0.610. The highest BCUT2D eigenvalue weighted by atomic mass is 127. The molecule has 0 aromatic heterocycles. The van der Waals surface area contributed by atoms with Gasteiger partial charge in [0.05, 0.1) is 17.5 Å². The van der Waals surface area contributed by atoms with Crippen molar-refractivity contribution in [3.05, 3.63) is 27.8 Å². The first-order valence-corrected chi connectivity index (χ1v) is 11.6. The standard InChI is InChI=1S/C16H19IN2O3S2/c1-3-10(2)15(20)18-16-19(12-6-4-5-11(17)7-12)13-8-24(21,22)9-14(13)23-16/h4-7,10,13-14H,3,8-9H2,1-2H3/t10-,13-,14+/m0/s1. The van der Waals surface area contributed by atoms with Crippen LogP contribution in [0.1, 0.15) is 20.3 Å². The summed E-state index contributed by atoms with van der Waals surface area (Å²) in [6, 6.07) is 7.71. The number of hydrogen-bond donors (Lipinski definition) is 0. The second-order valence-corrected chi connectivity index (χ2v) is 10.8. The first-order chi connectivity index (χ1) is 11.3. The van der Waals surface area contributed by atoms with Gasteiger partial charge in [-0.2, -0.15) is 4.99 Å². The van der Waals surface area contributed by atoms with Crippen molar-refractivity contribution in [1.82, 2.24) is 0 Å². The van der Waals surface area contributed by atoms with E-state index in [2.05, 4.69) is 27.6 Å². The van der Waals surface area contributed by atoms with Crippen LogP contribution in [0.4, 0.5) is 5.69 Å². The molecule has 3 atom stereocenters. The molecule has 0 spiro atoms. The van der Waals surface area contributed by atoms with E-state index in [-0.39, 0.29) is 34.6 Å². The Bertz CT molecular complexity index is 794. The van der Waals surface area contributed by atoms with Crippen LogP contribution < -0.4 is 4.90 Å². The second kappa shape index (κ2) is 6.95. The fraction of sp³-hybridized carbons (Fsp3) is 0.500. The van der Waals surface area contributed by atoms with Gasteiger partial charge in [-0.15, -0.1) is 0 Å². The van der Waals surface area contributed by atoms with Crippen LogP contribution in [0.15, 0.2) is 29.3 Å². The topological polar surface area (TPSA) is 66.8 Å². The highest BCUT2D eigenvalue weighted by Crippen LogP contribution is 2.41. The SMILES string of the molecule is CC[C@H](C)C(=O)N=C1S[C@@H]2CS(=O)(=O)C[C@@H]2N1c1cccc(I)c1. The molecule has 5 nitrogen and oxygen atoms in total. The summed E-state index contributed by atoms with van der Waals surface area (Å²) in [7, 11) is -3.03. The van der Waals surface area contributed by atoms with E-state index in [1.165, 1.54) is 11.8 Å². The molecule has 2 aliphatic rings. The van der Waals surface area contributed by atoms with Crippen molar-refractivity contribution in [3.8, 4) is 0 Å². The lowest BCUT2D eigenvalue weighted by atomic mass is 10.1. The number of fused-ring (bicyclic) bond motifs is 1. The van der Waals surface area contributed by atoms with Crippen molar-refractivity contribution in [1.29, 1.82) is 0 Å². The van der Waals surface area contributed by atoms with Gasteiger partial charge >= 0.3 is 0 Å². The predicted molar refractivity (Wildman–Crippen MR) is 107 cm³/mol. The molecule has 1 aromatic rings. The molecule has 2 saturated heterocycles. The lowest BCUT2D eigenvalue weighted by Crippen LogP contribution is -2.37. The number of carbonyl (C=O) groups is 1. The fourth-order valence-electron chi connectivity index (χ4n) is 2.87. The molecule has 1 aromatic carbocycles. The van der Waals surface area contributed by atoms with Gasteiger partial charge in [-0.3, -0.25) is 4.79 Å². The zero-order chi connectivity index (χ0) is 17.5. The van der Waals surface area contributed by atoms with Crippen LogP contribution in [0, 0.1) is 9.49 Å². The number of rotatable bonds is 3. The molecule has 1 amide bonds. The highest BCUT2D eigenvalue weighted by molar-refractivity contribution is 14.1. The van der Waals surface area contributed by atoms with Gasteiger partial charge in [-0.25, -0.2) is 8.42 Å². The molecule has 0 saturated carbocycles. The normalized spacial score (nSPS) is 28.1. The van der Waals surface area contributed by atoms with E-state index in [0.717, 1.165) is 15.7 Å². The van der Waals surface area contributed by atoms with Gasteiger partial charge in [-0.1, -0.05) is 31.7 Å². The maximum absolute atomic E-state index is 12.3. The average Bonchev–Trinajstić information content (AvgIpc) is 2.97.